The van der Waals surface area contributed by atoms with Crippen LogP contribution in [0.15, 0.2) is 48.5 Å². The molecule has 7 nitrogen and oxygen atoms in total. The van der Waals surface area contributed by atoms with Crippen LogP contribution in [-0.4, -0.2) is 46.6 Å². The predicted molar refractivity (Wildman–Crippen MR) is 116 cm³/mol. The number of carboxylic acids is 1. The number of carbonyl (C=O) groups is 3. The Hall–Kier alpha value is -2.77. The molecule has 2 aromatic carbocycles. The van der Waals surface area contributed by atoms with Gasteiger partial charge in [-0.05, 0) is 36.1 Å². The number of hydrogen-bond acceptors (Lipinski definition) is 4. The lowest BCUT2D eigenvalue weighted by Gasteiger charge is -2.25. The van der Waals surface area contributed by atoms with Crippen LogP contribution in [0.25, 0.3) is 0 Å². The van der Waals surface area contributed by atoms with Gasteiger partial charge in [0.1, 0.15) is 18.7 Å². The van der Waals surface area contributed by atoms with Crippen molar-refractivity contribution in [3.05, 3.63) is 69.7 Å². The van der Waals surface area contributed by atoms with E-state index in [0.717, 1.165) is 5.56 Å². The molecule has 3 rings (SSSR count). The molecule has 31 heavy (non-hydrogen) atoms. The third-order valence-corrected chi connectivity index (χ3v) is 5.79. The van der Waals surface area contributed by atoms with Crippen molar-refractivity contribution in [2.45, 2.75) is 38.0 Å². The Morgan fingerprint density at radius 3 is 2.42 bits per heavy atom. The highest BCUT2D eigenvalue weighted by molar-refractivity contribution is 6.36. The fourth-order valence-corrected chi connectivity index (χ4v) is 4.01. The average molecular weight is 465 g/mol. The number of halogens is 2. The van der Waals surface area contributed by atoms with Crippen molar-refractivity contribution in [2.75, 3.05) is 6.54 Å². The van der Waals surface area contributed by atoms with E-state index in [2.05, 4.69) is 5.32 Å². The molecule has 0 radical (unpaired) electrons. The average Bonchev–Trinajstić information content (AvgIpc) is 3.24. The molecule has 0 saturated carbocycles. The summed E-state index contributed by atoms with van der Waals surface area (Å²) in [6, 6.07) is 12.0. The van der Waals surface area contributed by atoms with E-state index in [1.165, 1.54) is 4.90 Å². The van der Waals surface area contributed by atoms with Crippen molar-refractivity contribution >= 4 is 41.2 Å². The molecular weight excluding hydrogens is 443 g/mol. The maximum Gasteiger partial charge on any atom is 0.410 e. The molecule has 1 heterocycles. The van der Waals surface area contributed by atoms with Gasteiger partial charge in [-0.25, -0.2) is 9.59 Å². The minimum Gasteiger partial charge on any atom is -0.480 e. The first-order valence-corrected chi connectivity index (χ1v) is 10.6. The van der Waals surface area contributed by atoms with Gasteiger partial charge in [0.15, 0.2) is 0 Å². The first kappa shape index (κ1) is 22.9. The summed E-state index contributed by atoms with van der Waals surface area (Å²) in [5.74, 6) is -1.77. The minimum atomic E-state index is -1.24. The fraction of sp³-hybridized carbons (Fsp3) is 0.318. The number of amides is 2. The maximum atomic E-state index is 12.8. The van der Waals surface area contributed by atoms with Gasteiger partial charge >= 0.3 is 12.1 Å². The summed E-state index contributed by atoms with van der Waals surface area (Å²) in [7, 11) is 0. The van der Waals surface area contributed by atoms with E-state index >= 15 is 0 Å². The van der Waals surface area contributed by atoms with E-state index in [4.69, 9.17) is 27.9 Å². The third kappa shape index (κ3) is 5.89. The van der Waals surface area contributed by atoms with Crippen LogP contribution in [0.4, 0.5) is 4.79 Å². The highest BCUT2D eigenvalue weighted by atomic mass is 35.5. The van der Waals surface area contributed by atoms with Gasteiger partial charge in [0.2, 0.25) is 5.91 Å². The summed E-state index contributed by atoms with van der Waals surface area (Å²) in [5, 5.41) is 12.7. The molecule has 1 aliphatic rings. The van der Waals surface area contributed by atoms with Gasteiger partial charge in [-0.2, -0.15) is 0 Å². The Balaban J connectivity index is 1.64. The van der Waals surface area contributed by atoms with Crippen molar-refractivity contribution in [1.29, 1.82) is 0 Å². The summed E-state index contributed by atoms with van der Waals surface area (Å²) < 4.78 is 5.33. The zero-order valence-electron chi connectivity index (χ0n) is 16.6. The van der Waals surface area contributed by atoms with E-state index in [9.17, 15) is 19.5 Å². The molecule has 1 aliphatic heterocycles. The molecule has 0 unspecified atom stereocenters. The van der Waals surface area contributed by atoms with Gasteiger partial charge in [-0.1, -0.05) is 59.6 Å². The Morgan fingerprint density at radius 1 is 1.10 bits per heavy atom. The summed E-state index contributed by atoms with van der Waals surface area (Å²) in [6.45, 7) is 0.451. The van der Waals surface area contributed by atoms with Gasteiger partial charge in [0.05, 0.1) is 0 Å². The van der Waals surface area contributed by atoms with Crippen molar-refractivity contribution in [3.8, 4) is 0 Å². The lowest BCUT2D eigenvalue weighted by atomic mass is 10.0. The molecular formula is C22H22Cl2N2O5. The summed E-state index contributed by atoms with van der Waals surface area (Å²) >= 11 is 12.3. The van der Waals surface area contributed by atoms with Gasteiger partial charge < -0.3 is 15.2 Å². The lowest BCUT2D eigenvalue weighted by molar-refractivity contribution is -0.142. The number of hydrogen-bond donors (Lipinski definition) is 2. The van der Waals surface area contributed by atoms with Crippen molar-refractivity contribution in [1.82, 2.24) is 10.2 Å². The number of rotatable bonds is 7. The molecule has 2 aromatic rings. The molecule has 0 bridgehead atoms. The van der Waals surface area contributed by atoms with E-state index in [1.807, 2.05) is 30.3 Å². The van der Waals surface area contributed by atoms with Crippen molar-refractivity contribution < 1.29 is 24.2 Å². The topological polar surface area (TPSA) is 95.9 Å². The second-order valence-electron chi connectivity index (χ2n) is 7.20. The van der Waals surface area contributed by atoms with Gasteiger partial charge in [0.25, 0.3) is 0 Å². The van der Waals surface area contributed by atoms with Crippen LogP contribution in [0.5, 0.6) is 0 Å². The Labute approximate surface area is 189 Å². The molecule has 1 fully saturated rings. The predicted octanol–water partition coefficient (Wildman–Crippen LogP) is 3.91. The minimum absolute atomic E-state index is 0.0786. The Morgan fingerprint density at radius 2 is 1.77 bits per heavy atom. The standard InChI is InChI=1S/C22H22Cl2N2O5/c23-16-8-4-9-17(24)15(16)12-18(21(28)29)25-20(27)19-10-5-11-26(19)22(30)31-13-14-6-2-1-3-7-14/h1-4,6-9,18-19H,5,10-13H2,(H,25,27)(H,28,29)/t18-,19+/m0/s1. The van der Waals surface area contributed by atoms with Crippen LogP contribution in [0.2, 0.25) is 10.0 Å². The largest absolute Gasteiger partial charge is 0.480 e. The Kier molecular flexibility index (Phi) is 7.76. The highest BCUT2D eigenvalue weighted by Crippen LogP contribution is 2.26. The van der Waals surface area contributed by atoms with Gasteiger partial charge in [0, 0.05) is 23.0 Å². The van der Waals surface area contributed by atoms with Crippen LogP contribution < -0.4 is 5.32 Å². The molecule has 2 N–H and O–H groups in total. The normalized spacial score (nSPS) is 16.6. The first-order chi connectivity index (χ1) is 14.9. The zero-order chi connectivity index (χ0) is 22.4. The molecule has 0 spiro atoms. The number of carbonyl (C=O) groups excluding carboxylic acids is 2. The third-order valence-electron chi connectivity index (χ3n) is 5.08. The summed E-state index contributed by atoms with van der Waals surface area (Å²) in [4.78, 5) is 38.4. The number of ether oxygens (including phenoxy) is 1. The lowest BCUT2D eigenvalue weighted by Crippen LogP contribution is -2.51. The summed E-state index contributed by atoms with van der Waals surface area (Å²) in [6.07, 6.45) is 0.352. The number of likely N-dealkylation sites (tertiary alicyclic amines) is 1. The molecule has 164 valence electrons. The van der Waals surface area contributed by atoms with Crippen LogP contribution in [0.1, 0.15) is 24.0 Å². The van der Waals surface area contributed by atoms with Crippen LogP contribution in [0.3, 0.4) is 0 Å². The first-order valence-electron chi connectivity index (χ1n) is 9.80. The number of nitrogens with one attached hydrogen (secondary N) is 1. The molecule has 9 heteroatoms. The SMILES string of the molecule is O=C(O)[C@H](Cc1c(Cl)cccc1Cl)NC(=O)[C@H]1CCCN1C(=O)OCc1ccccc1. The number of nitrogens with zero attached hydrogens (tertiary/aromatic N) is 1. The number of aliphatic carboxylic acids is 1. The van der Waals surface area contributed by atoms with Crippen LogP contribution in [0, 0.1) is 0 Å². The zero-order valence-corrected chi connectivity index (χ0v) is 18.1. The summed E-state index contributed by atoms with van der Waals surface area (Å²) in [5.41, 5.74) is 1.27. The van der Waals surface area contributed by atoms with E-state index in [0.29, 0.717) is 35.0 Å². The second-order valence-corrected chi connectivity index (χ2v) is 8.01. The molecule has 2 amide bonds. The molecule has 0 aliphatic carbocycles. The highest BCUT2D eigenvalue weighted by Gasteiger charge is 2.37. The van der Waals surface area contributed by atoms with Crippen molar-refractivity contribution in [3.63, 3.8) is 0 Å². The monoisotopic (exact) mass is 464 g/mol. The van der Waals surface area contributed by atoms with Crippen LogP contribution in [-0.2, 0) is 27.4 Å². The fourth-order valence-electron chi connectivity index (χ4n) is 3.46. The quantitative estimate of drug-likeness (QED) is 0.647. The Bertz CT molecular complexity index is 934. The van der Waals surface area contributed by atoms with Gasteiger partial charge in [-0.15, -0.1) is 0 Å². The van der Waals surface area contributed by atoms with E-state index in [1.54, 1.807) is 18.2 Å². The number of benzene rings is 2. The molecule has 0 aromatic heterocycles. The van der Waals surface area contributed by atoms with Crippen LogP contribution >= 0.6 is 23.2 Å². The number of carboxylic acid groups (broad SMARTS) is 1. The van der Waals surface area contributed by atoms with Gasteiger partial charge in [-0.3, -0.25) is 9.69 Å². The second kappa shape index (κ2) is 10.5. The molecule has 2 atom stereocenters. The van der Waals surface area contributed by atoms with E-state index in [-0.39, 0.29) is 13.0 Å². The van der Waals surface area contributed by atoms with Crippen molar-refractivity contribution in [2.24, 2.45) is 0 Å². The molecule has 1 saturated heterocycles. The maximum absolute atomic E-state index is 12.8. The van der Waals surface area contributed by atoms with E-state index < -0.39 is 30.1 Å². The smallest absolute Gasteiger partial charge is 0.410 e.